The zero-order valence-electron chi connectivity index (χ0n) is 9.87. The molecule has 0 spiro atoms. The molecule has 1 atom stereocenters. The van der Waals surface area contributed by atoms with Crippen molar-refractivity contribution in [1.82, 2.24) is 0 Å². The first-order chi connectivity index (χ1) is 8.70. The lowest BCUT2D eigenvalue weighted by molar-refractivity contribution is -0.136. The summed E-state index contributed by atoms with van der Waals surface area (Å²) in [6, 6.07) is 14.0. The van der Waals surface area contributed by atoms with Gasteiger partial charge in [0.2, 0.25) is 0 Å². The van der Waals surface area contributed by atoms with E-state index < -0.39 is 11.2 Å². The molecule has 3 N–H and O–H groups in total. The maximum absolute atomic E-state index is 11.1. The van der Waals surface area contributed by atoms with Gasteiger partial charge >= 0.3 is 5.97 Å². The largest absolute Gasteiger partial charge is 0.480 e. The fourth-order valence-electron chi connectivity index (χ4n) is 1.79. The number of benzene rings is 2. The van der Waals surface area contributed by atoms with Gasteiger partial charge in [-0.25, -0.2) is 0 Å². The van der Waals surface area contributed by atoms with Crippen molar-refractivity contribution in [2.24, 2.45) is 5.73 Å². The summed E-state index contributed by atoms with van der Waals surface area (Å²) in [5, 5.41) is 10.9. The minimum Gasteiger partial charge on any atom is -0.480 e. The Kier molecular flexibility index (Phi) is 4.23. The van der Waals surface area contributed by atoms with Crippen LogP contribution in [0.1, 0.15) is 6.42 Å². The van der Waals surface area contributed by atoms with Crippen LogP contribution in [0, 0.1) is 0 Å². The first kappa shape index (κ1) is 12.9. The van der Waals surface area contributed by atoms with Crippen molar-refractivity contribution in [2.75, 3.05) is 6.54 Å². The van der Waals surface area contributed by atoms with Gasteiger partial charge in [-0.15, -0.1) is 11.8 Å². The van der Waals surface area contributed by atoms with E-state index in [2.05, 4.69) is 0 Å². The van der Waals surface area contributed by atoms with Gasteiger partial charge in [0, 0.05) is 4.90 Å². The summed E-state index contributed by atoms with van der Waals surface area (Å²) < 4.78 is 0. The van der Waals surface area contributed by atoms with E-state index in [1.54, 1.807) is 0 Å². The lowest BCUT2D eigenvalue weighted by Gasteiger charge is -2.11. The van der Waals surface area contributed by atoms with Gasteiger partial charge in [-0.3, -0.25) is 4.79 Å². The molecule has 0 heterocycles. The van der Waals surface area contributed by atoms with Gasteiger partial charge < -0.3 is 10.8 Å². The molecule has 2 aromatic carbocycles. The summed E-state index contributed by atoms with van der Waals surface area (Å²) in [5.74, 6) is -0.807. The number of thioether (sulfide) groups is 1. The fourth-order valence-corrected chi connectivity index (χ4v) is 2.81. The monoisotopic (exact) mass is 261 g/mol. The Morgan fingerprint density at radius 1 is 1.22 bits per heavy atom. The highest BCUT2D eigenvalue weighted by atomic mass is 32.2. The standard InChI is InChI=1S/C14H15NO2S/c15-8-7-13(14(16)17)18-12-6-5-10-3-1-2-4-11(10)9-12/h1-6,9,13H,7-8,15H2,(H,16,17). The van der Waals surface area contributed by atoms with Crippen LogP contribution in [0.2, 0.25) is 0 Å². The van der Waals surface area contributed by atoms with Crippen molar-refractivity contribution in [3.8, 4) is 0 Å². The first-order valence-corrected chi connectivity index (χ1v) is 6.67. The summed E-state index contributed by atoms with van der Waals surface area (Å²) >= 11 is 1.36. The predicted molar refractivity (Wildman–Crippen MR) is 74.9 cm³/mol. The Labute approximate surface area is 110 Å². The second-order valence-corrected chi connectivity index (χ2v) is 5.31. The van der Waals surface area contributed by atoms with E-state index in [1.807, 2.05) is 42.5 Å². The highest BCUT2D eigenvalue weighted by Gasteiger charge is 2.17. The normalized spacial score (nSPS) is 12.5. The van der Waals surface area contributed by atoms with Crippen LogP contribution < -0.4 is 5.73 Å². The number of aliphatic carboxylic acids is 1. The smallest absolute Gasteiger partial charge is 0.317 e. The Bertz CT molecular complexity index is 556. The molecule has 2 aromatic rings. The minimum absolute atomic E-state index is 0.386. The average Bonchev–Trinajstić information content (AvgIpc) is 2.38. The number of carbonyl (C=O) groups is 1. The summed E-state index contributed by atoms with van der Waals surface area (Å²) in [6.07, 6.45) is 0.479. The Morgan fingerprint density at radius 2 is 1.94 bits per heavy atom. The Hall–Kier alpha value is -1.52. The second-order valence-electron chi connectivity index (χ2n) is 4.03. The number of carboxylic acids is 1. The molecule has 0 fully saturated rings. The minimum atomic E-state index is -0.807. The lowest BCUT2D eigenvalue weighted by atomic mass is 10.1. The Morgan fingerprint density at radius 3 is 2.61 bits per heavy atom. The third-order valence-corrected chi connectivity index (χ3v) is 3.95. The van der Waals surface area contributed by atoms with Crippen molar-refractivity contribution >= 4 is 28.5 Å². The summed E-state index contributed by atoms with van der Waals surface area (Å²) in [7, 11) is 0. The number of fused-ring (bicyclic) bond motifs is 1. The van der Waals surface area contributed by atoms with Crippen LogP contribution in [0.5, 0.6) is 0 Å². The van der Waals surface area contributed by atoms with Gasteiger partial charge in [0.15, 0.2) is 0 Å². The molecule has 0 aliphatic carbocycles. The molecule has 0 saturated carbocycles. The molecule has 0 amide bonds. The molecular formula is C14H15NO2S. The molecule has 0 radical (unpaired) electrons. The van der Waals surface area contributed by atoms with Gasteiger partial charge in [0.1, 0.15) is 5.25 Å². The molecule has 0 aromatic heterocycles. The molecule has 0 aliphatic heterocycles. The highest BCUT2D eigenvalue weighted by molar-refractivity contribution is 8.00. The van der Waals surface area contributed by atoms with E-state index >= 15 is 0 Å². The summed E-state index contributed by atoms with van der Waals surface area (Å²) in [5.41, 5.74) is 5.43. The summed E-state index contributed by atoms with van der Waals surface area (Å²) in [6.45, 7) is 0.386. The number of hydrogen-bond donors (Lipinski definition) is 2. The highest BCUT2D eigenvalue weighted by Crippen LogP contribution is 2.28. The third-order valence-electron chi connectivity index (χ3n) is 2.70. The van der Waals surface area contributed by atoms with Crippen molar-refractivity contribution in [2.45, 2.75) is 16.6 Å². The molecule has 0 bridgehead atoms. The zero-order valence-corrected chi connectivity index (χ0v) is 10.7. The van der Waals surface area contributed by atoms with Gasteiger partial charge in [0.25, 0.3) is 0 Å². The van der Waals surface area contributed by atoms with Crippen LogP contribution in [0.3, 0.4) is 0 Å². The van der Waals surface area contributed by atoms with Crippen LogP contribution in [0.15, 0.2) is 47.4 Å². The maximum atomic E-state index is 11.1. The first-order valence-electron chi connectivity index (χ1n) is 5.79. The molecular weight excluding hydrogens is 246 g/mol. The van der Waals surface area contributed by atoms with E-state index in [9.17, 15) is 4.79 Å². The third kappa shape index (κ3) is 3.03. The quantitative estimate of drug-likeness (QED) is 0.812. The molecule has 4 heteroatoms. The molecule has 1 unspecified atom stereocenters. The van der Waals surface area contributed by atoms with E-state index in [0.29, 0.717) is 13.0 Å². The van der Waals surface area contributed by atoms with Gasteiger partial charge in [-0.05, 0) is 35.9 Å². The number of nitrogens with two attached hydrogens (primary N) is 1. The van der Waals surface area contributed by atoms with Crippen molar-refractivity contribution in [1.29, 1.82) is 0 Å². The van der Waals surface area contributed by atoms with Crippen LogP contribution >= 0.6 is 11.8 Å². The molecule has 0 saturated heterocycles. The second kappa shape index (κ2) is 5.89. The fraction of sp³-hybridized carbons (Fsp3) is 0.214. The zero-order chi connectivity index (χ0) is 13.0. The number of carboxylic acid groups (broad SMARTS) is 1. The molecule has 3 nitrogen and oxygen atoms in total. The van der Waals surface area contributed by atoms with Gasteiger partial charge in [-0.1, -0.05) is 30.3 Å². The van der Waals surface area contributed by atoms with Gasteiger partial charge in [-0.2, -0.15) is 0 Å². The van der Waals surface area contributed by atoms with Crippen LogP contribution in [-0.4, -0.2) is 22.9 Å². The molecule has 2 rings (SSSR count). The van der Waals surface area contributed by atoms with Crippen LogP contribution in [0.4, 0.5) is 0 Å². The van der Waals surface area contributed by atoms with Crippen molar-refractivity contribution < 1.29 is 9.90 Å². The molecule has 0 aliphatic rings. The average molecular weight is 261 g/mol. The lowest BCUT2D eigenvalue weighted by Crippen LogP contribution is -2.20. The van der Waals surface area contributed by atoms with E-state index in [1.165, 1.54) is 11.8 Å². The van der Waals surface area contributed by atoms with Gasteiger partial charge in [0.05, 0.1) is 0 Å². The number of hydrogen-bond acceptors (Lipinski definition) is 3. The van der Waals surface area contributed by atoms with Crippen LogP contribution in [0.25, 0.3) is 10.8 Å². The van der Waals surface area contributed by atoms with E-state index in [-0.39, 0.29) is 0 Å². The Balaban J connectivity index is 2.22. The van der Waals surface area contributed by atoms with Crippen molar-refractivity contribution in [3.63, 3.8) is 0 Å². The van der Waals surface area contributed by atoms with Crippen molar-refractivity contribution in [3.05, 3.63) is 42.5 Å². The topological polar surface area (TPSA) is 63.3 Å². The molecule has 94 valence electrons. The summed E-state index contributed by atoms with van der Waals surface area (Å²) in [4.78, 5) is 12.0. The number of rotatable bonds is 5. The van der Waals surface area contributed by atoms with Crippen LogP contribution in [-0.2, 0) is 4.79 Å². The maximum Gasteiger partial charge on any atom is 0.317 e. The molecule has 18 heavy (non-hydrogen) atoms. The van der Waals surface area contributed by atoms with E-state index in [0.717, 1.165) is 15.7 Å². The SMILES string of the molecule is NCCC(Sc1ccc2ccccc2c1)C(=O)O. The predicted octanol–water partition coefficient (Wildman–Crippen LogP) is 2.73. The van der Waals surface area contributed by atoms with E-state index in [4.69, 9.17) is 10.8 Å².